The molecule has 0 aliphatic carbocycles. The quantitative estimate of drug-likeness (QED) is 0.696. The molecule has 1 aliphatic heterocycles. The molecule has 18 heavy (non-hydrogen) atoms. The van der Waals surface area contributed by atoms with E-state index in [1.807, 2.05) is 0 Å². The topological polar surface area (TPSA) is 110 Å². The van der Waals surface area contributed by atoms with Crippen LogP contribution < -0.4 is 5.32 Å². The zero-order chi connectivity index (χ0) is 13.8. The number of ether oxygens (including phenoxy) is 1. The van der Waals surface area contributed by atoms with Gasteiger partial charge in [0.15, 0.2) is 15.4 Å². The Morgan fingerprint density at radius 3 is 2.67 bits per heavy atom. The predicted molar refractivity (Wildman–Crippen MR) is 62.9 cm³/mol. The second-order valence-electron chi connectivity index (χ2n) is 4.09. The summed E-state index contributed by atoms with van der Waals surface area (Å²) < 4.78 is 27.6. The zero-order valence-corrected chi connectivity index (χ0v) is 10.5. The third kappa shape index (κ3) is 3.46. The van der Waals surface area contributed by atoms with Crippen LogP contribution in [-0.4, -0.2) is 49.2 Å². The van der Waals surface area contributed by atoms with Crippen LogP contribution in [-0.2, 0) is 19.4 Å². The number of alkyl carbamates (subject to hydrolysis) is 1. The molecule has 0 radical (unpaired) electrons. The Labute approximate surface area is 105 Å². The van der Waals surface area contributed by atoms with E-state index < -0.39 is 33.2 Å². The Morgan fingerprint density at radius 1 is 1.50 bits per heavy atom. The molecule has 0 aromatic carbocycles. The van der Waals surface area contributed by atoms with Crippen molar-refractivity contribution in [2.75, 3.05) is 18.1 Å². The molecule has 0 aromatic heterocycles. The third-order valence-electron chi connectivity index (χ3n) is 2.61. The van der Waals surface area contributed by atoms with E-state index in [1.54, 1.807) is 0 Å². The Bertz CT molecular complexity index is 457. The van der Waals surface area contributed by atoms with Crippen molar-refractivity contribution >= 4 is 21.9 Å². The monoisotopic (exact) mass is 277 g/mol. The highest BCUT2D eigenvalue weighted by Gasteiger charge is 2.47. The predicted octanol–water partition coefficient (Wildman–Crippen LogP) is -0.0694. The minimum Gasteiger partial charge on any atom is -0.479 e. The van der Waals surface area contributed by atoms with Crippen molar-refractivity contribution in [1.29, 1.82) is 0 Å². The first-order valence-corrected chi connectivity index (χ1v) is 7.13. The summed E-state index contributed by atoms with van der Waals surface area (Å²) in [7, 11) is -3.47. The number of amides is 1. The lowest BCUT2D eigenvalue weighted by molar-refractivity contribution is -0.144. The van der Waals surface area contributed by atoms with Gasteiger partial charge in [0.1, 0.15) is 6.61 Å². The van der Waals surface area contributed by atoms with Crippen LogP contribution in [0.4, 0.5) is 4.79 Å². The van der Waals surface area contributed by atoms with Crippen LogP contribution in [0.5, 0.6) is 0 Å². The van der Waals surface area contributed by atoms with Gasteiger partial charge < -0.3 is 15.2 Å². The van der Waals surface area contributed by atoms with E-state index in [0.717, 1.165) is 0 Å². The van der Waals surface area contributed by atoms with E-state index in [9.17, 15) is 18.0 Å². The van der Waals surface area contributed by atoms with Gasteiger partial charge in [0.05, 0.1) is 11.5 Å². The van der Waals surface area contributed by atoms with Crippen LogP contribution in [0, 0.1) is 0 Å². The van der Waals surface area contributed by atoms with E-state index in [0.29, 0.717) is 0 Å². The molecule has 1 amide bonds. The Morgan fingerprint density at radius 2 is 2.17 bits per heavy atom. The summed E-state index contributed by atoms with van der Waals surface area (Å²) in [5.41, 5.74) is -1.80. The summed E-state index contributed by atoms with van der Waals surface area (Å²) in [5, 5.41) is 11.3. The van der Waals surface area contributed by atoms with Crippen molar-refractivity contribution in [2.24, 2.45) is 0 Å². The smallest absolute Gasteiger partial charge is 0.408 e. The van der Waals surface area contributed by atoms with E-state index in [-0.39, 0.29) is 25.2 Å². The number of carboxylic acid groups (broad SMARTS) is 1. The molecule has 1 rings (SSSR count). The lowest BCUT2D eigenvalue weighted by Gasteiger charge is -2.32. The van der Waals surface area contributed by atoms with Crippen LogP contribution in [0.3, 0.4) is 0 Å². The molecule has 102 valence electrons. The molecule has 1 atom stereocenters. The molecule has 0 spiro atoms. The fourth-order valence-electron chi connectivity index (χ4n) is 1.80. The molecular weight excluding hydrogens is 262 g/mol. The van der Waals surface area contributed by atoms with Crippen LogP contribution in [0.15, 0.2) is 12.7 Å². The largest absolute Gasteiger partial charge is 0.479 e. The number of nitrogens with one attached hydrogen (secondary N) is 1. The first-order chi connectivity index (χ1) is 8.31. The molecule has 2 N–H and O–H groups in total. The lowest BCUT2D eigenvalue weighted by atomic mass is 9.96. The SMILES string of the molecule is C=CCOC(=O)NC1(C(=O)O)CCCS(=O)(=O)C1. The van der Waals surface area contributed by atoms with Crippen molar-refractivity contribution in [3.63, 3.8) is 0 Å². The molecule has 1 unspecified atom stereocenters. The van der Waals surface area contributed by atoms with Crippen LogP contribution >= 0.6 is 0 Å². The fourth-order valence-corrected chi connectivity index (χ4v) is 3.62. The van der Waals surface area contributed by atoms with Gasteiger partial charge in [0.25, 0.3) is 0 Å². The number of carbonyl (C=O) groups excluding carboxylic acids is 1. The molecule has 0 bridgehead atoms. The molecule has 7 nitrogen and oxygen atoms in total. The molecule has 1 heterocycles. The van der Waals surface area contributed by atoms with Gasteiger partial charge in [-0.3, -0.25) is 0 Å². The van der Waals surface area contributed by atoms with Crippen LogP contribution in [0.25, 0.3) is 0 Å². The number of hydrogen-bond acceptors (Lipinski definition) is 5. The highest BCUT2D eigenvalue weighted by atomic mass is 32.2. The average Bonchev–Trinajstić information content (AvgIpc) is 2.24. The fraction of sp³-hybridized carbons (Fsp3) is 0.600. The lowest BCUT2D eigenvalue weighted by Crippen LogP contribution is -2.61. The molecule has 0 aromatic rings. The molecule has 1 aliphatic rings. The van der Waals surface area contributed by atoms with E-state index in [1.165, 1.54) is 6.08 Å². The standard InChI is InChI=1S/C10H15NO6S/c1-2-5-17-9(14)11-10(8(12)13)4-3-6-18(15,16)7-10/h2H,1,3-7H2,(H,11,14)(H,12,13). The maximum atomic E-state index is 11.5. The van der Waals surface area contributed by atoms with Crippen molar-refractivity contribution in [1.82, 2.24) is 5.32 Å². The molecule has 0 saturated carbocycles. The normalized spacial score (nSPS) is 26.0. The first kappa shape index (κ1) is 14.5. The number of aliphatic carboxylic acids is 1. The van der Waals surface area contributed by atoms with E-state index >= 15 is 0 Å². The maximum Gasteiger partial charge on any atom is 0.408 e. The van der Waals surface area contributed by atoms with Gasteiger partial charge in [-0.1, -0.05) is 12.7 Å². The summed E-state index contributed by atoms with van der Waals surface area (Å²) in [5.74, 6) is -2.05. The van der Waals surface area contributed by atoms with Crippen molar-refractivity contribution in [2.45, 2.75) is 18.4 Å². The zero-order valence-electron chi connectivity index (χ0n) is 9.72. The van der Waals surface area contributed by atoms with Gasteiger partial charge in [-0.05, 0) is 12.8 Å². The minimum absolute atomic E-state index is 0.0603. The highest BCUT2D eigenvalue weighted by molar-refractivity contribution is 7.91. The van der Waals surface area contributed by atoms with Gasteiger partial charge in [0.2, 0.25) is 0 Å². The summed E-state index contributed by atoms with van der Waals surface area (Å²) in [4.78, 5) is 22.6. The Kier molecular flexibility index (Phi) is 4.33. The van der Waals surface area contributed by atoms with Gasteiger partial charge in [-0.2, -0.15) is 0 Å². The molecule has 8 heteroatoms. The van der Waals surface area contributed by atoms with Gasteiger partial charge >= 0.3 is 12.1 Å². The highest BCUT2D eigenvalue weighted by Crippen LogP contribution is 2.23. The Balaban J connectivity index is 2.84. The van der Waals surface area contributed by atoms with Gasteiger partial charge in [-0.25, -0.2) is 18.0 Å². The van der Waals surface area contributed by atoms with E-state index in [2.05, 4.69) is 16.6 Å². The van der Waals surface area contributed by atoms with Crippen molar-refractivity contribution in [3.8, 4) is 0 Å². The third-order valence-corrected chi connectivity index (χ3v) is 4.45. The number of carbonyl (C=O) groups is 2. The summed E-state index contributed by atoms with van der Waals surface area (Å²) >= 11 is 0. The molecule has 1 saturated heterocycles. The van der Waals surface area contributed by atoms with Crippen molar-refractivity contribution < 1.29 is 27.9 Å². The van der Waals surface area contributed by atoms with Crippen molar-refractivity contribution in [3.05, 3.63) is 12.7 Å². The minimum atomic E-state index is -3.47. The van der Waals surface area contributed by atoms with Crippen LogP contribution in [0.1, 0.15) is 12.8 Å². The molecular formula is C10H15NO6S. The van der Waals surface area contributed by atoms with Gasteiger partial charge in [-0.15, -0.1) is 0 Å². The van der Waals surface area contributed by atoms with Crippen LogP contribution in [0.2, 0.25) is 0 Å². The second kappa shape index (κ2) is 5.38. The number of carboxylic acids is 1. The summed E-state index contributed by atoms with van der Waals surface area (Å²) in [6.07, 6.45) is 0.612. The number of hydrogen-bond donors (Lipinski definition) is 2. The summed E-state index contributed by atoms with van der Waals surface area (Å²) in [6, 6.07) is 0. The second-order valence-corrected chi connectivity index (χ2v) is 6.28. The number of rotatable bonds is 4. The average molecular weight is 277 g/mol. The Hall–Kier alpha value is -1.57. The summed E-state index contributed by atoms with van der Waals surface area (Å²) in [6.45, 7) is 3.26. The van der Waals surface area contributed by atoms with Gasteiger partial charge in [0, 0.05) is 0 Å². The first-order valence-electron chi connectivity index (χ1n) is 5.31. The maximum absolute atomic E-state index is 11.5. The van der Waals surface area contributed by atoms with E-state index in [4.69, 9.17) is 5.11 Å². The molecule has 1 fully saturated rings. The number of sulfone groups is 1.